The van der Waals surface area contributed by atoms with Crippen LogP contribution in [0.1, 0.15) is 18.1 Å². The predicted octanol–water partition coefficient (Wildman–Crippen LogP) is 3.01. The van der Waals surface area contributed by atoms with E-state index in [1.165, 1.54) is 24.3 Å². The number of nitrogens with zero attached hydrogens (tertiary/aromatic N) is 2. The van der Waals surface area contributed by atoms with E-state index in [0.29, 0.717) is 18.8 Å². The van der Waals surface area contributed by atoms with Gasteiger partial charge in [-0.15, -0.1) is 0 Å². The van der Waals surface area contributed by atoms with Gasteiger partial charge in [0.05, 0.1) is 6.54 Å². The van der Waals surface area contributed by atoms with E-state index >= 15 is 0 Å². The van der Waals surface area contributed by atoms with Crippen molar-refractivity contribution < 1.29 is 8.78 Å². The number of rotatable bonds is 3. The summed E-state index contributed by atoms with van der Waals surface area (Å²) in [6.07, 6.45) is 0.463. The Hall–Kier alpha value is -2.27. The normalized spacial score (nSPS) is 21.1. The largest absolute Gasteiger partial charge is 0.296 e. The Bertz CT molecular complexity index is 712. The Labute approximate surface area is 128 Å². The lowest BCUT2D eigenvalue weighted by Gasteiger charge is -2.22. The Balaban J connectivity index is 1.87. The number of halogens is 2. The highest BCUT2D eigenvalue weighted by Gasteiger charge is 2.35. The zero-order chi connectivity index (χ0) is 15.7. The van der Waals surface area contributed by atoms with Crippen LogP contribution >= 0.6 is 0 Å². The van der Waals surface area contributed by atoms with Gasteiger partial charge in [0.15, 0.2) is 0 Å². The van der Waals surface area contributed by atoms with Gasteiger partial charge in [0.1, 0.15) is 23.0 Å². The number of hydrogen-bond donors (Lipinski definition) is 1. The first-order valence-corrected chi connectivity index (χ1v) is 7.08. The zero-order valence-electron chi connectivity index (χ0n) is 12.3. The molecule has 0 fully saturated rings. The zero-order valence-corrected chi connectivity index (χ0v) is 12.3. The minimum absolute atomic E-state index is 0.277. The molecule has 3 nitrogen and oxygen atoms in total. The Morgan fingerprint density at radius 1 is 1.14 bits per heavy atom. The summed E-state index contributed by atoms with van der Waals surface area (Å²) < 4.78 is 26.3. The van der Waals surface area contributed by atoms with Gasteiger partial charge < -0.3 is 0 Å². The summed E-state index contributed by atoms with van der Waals surface area (Å²) in [5, 5.41) is 1.58. The fraction of sp³-hybridized carbons (Fsp3) is 0.235. The van der Waals surface area contributed by atoms with Gasteiger partial charge in [-0.2, -0.15) is 0 Å². The van der Waals surface area contributed by atoms with Crippen LogP contribution < -0.4 is 5.84 Å². The number of hydrazine groups is 1. The minimum atomic E-state index is -0.523. The summed E-state index contributed by atoms with van der Waals surface area (Å²) >= 11 is 0. The lowest BCUT2D eigenvalue weighted by atomic mass is 9.93. The van der Waals surface area contributed by atoms with E-state index in [9.17, 15) is 8.78 Å². The summed E-state index contributed by atoms with van der Waals surface area (Å²) in [5.41, 5.74) is 1.20. The van der Waals surface area contributed by atoms with Crippen LogP contribution in [0.4, 0.5) is 8.78 Å². The SMILES string of the molecule is CC1(c2ccc(F)cc2)CN(N)C(Cc2cccc(F)c2)=N1. The van der Waals surface area contributed by atoms with Crippen molar-refractivity contribution >= 4 is 5.84 Å². The highest BCUT2D eigenvalue weighted by atomic mass is 19.1. The van der Waals surface area contributed by atoms with E-state index in [1.54, 1.807) is 23.2 Å². The number of nitrogens with two attached hydrogens (primary N) is 1. The molecular weight excluding hydrogens is 284 g/mol. The molecule has 1 heterocycles. The monoisotopic (exact) mass is 301 g/mol. The number of hydrogen-bond acceptors (Lipinski definition) is 3. The average molecular weight is 301 g/mol. The summed E-state index contributed by atoms with van der Waals surface area (Å²) in [4.78, 5) is 4.70. The van der Waals surface area contributed by atoms with Gasteiger partial charge in [-0.05, 0) is 42.3 Å². The second-order valence-electron chi connectivity index (χ2n) is 5.74. The molecule has 0 spiro atoms. The molecular formula is C17H17F2N3. The fourth-order valence-electron chi connectivity index (χ4n) is 2.74. The maximum absolute atomic E-state index is 13.3. The third kappa shape index (κ3) is 2.85. The van der Waals surface area contributed by atoms with E-state index in [0.717, 1.165) is 11.1 Å². The number of benzene rings is 2. The van der Waals surface area contributed by atoms with Crippen molar-refractivity contribution in [1.29, 1.82) is 0 Å². The second kappa shape index (κ2) is 5.50. The summed E-state index contributed by atoms with van der Waals surface area (Å²) in [7, 11) is 0. The van der Waals surface area contributed by atoms with Crippen molar-refractivity contribution in [2.75, 3.05) is 6.54 Å². The average Bonchev–Trinajstić information content (AvgIpc) is 2.75. The topological polar surface area (TPSA) is 41.6 Å². The van der Waals surface area contributed by atoms with Gasteiger partial charge in [-0.25, -0.2) is 14.6 Å². The Kier molecular flexibility index (Phi) is 3.66. The van der Waals surface area contributed by atoms with Crippen molar-refractivity contribution in [3.8, 4) is 0 Å². The molecule has 0 radical (unpaired) electrons. The molecule has 2 N–H and O–H groups in total. The van der Waals surface area contributed by atoms with Crippen LogP contribution in [0.5, 0.6) is 0 Å². The van der Waals surface area contributed by atoms with Crippen molar-refractivity contribution in [3.05, 3.63) is 71.3 Å². The van der Waals surface area contributed by atoms with Gasteiger partial charge in [0.2, 0.25) is 0 Å². The van der Waals surface area contributed by atoms with Crippen molar-refractivity contribution in [3.63, 3.8) is 0 Å². The molecule has 1 unspecified atom stereocenters. The van der Waals surface area contributed by atoms with Crippen molar-refractivity contribution in [2.24, 2.45) is 10.8 Å². The lowest BCUT2D eigenvalue weighted by molar-refractivity contribution is 0.372. The summed E-state index contributed by atoms with van der Waals surface area (Å²) in [6, 6.07) is 12.7. The molecule has 1 aliphatic heterocycles. The number of amidine groups is 1. The highest BCUT2D eigenvalue weighted by Crippen LogP contribution is 2.31. The van der Waals surface area contributed by atoms with Crippen LogP contribution in [0.15, 0.2) is 53.5 Å². The first kappa shape index (κ1) is 14.7. The van der Waals surface area contributed by atoms with Crippen LogP contribution in [-0.2, 0) is 12.0 Å². The van der Waals surface area contributed by atoms with Crippen LogP contribution in [0, 0.1) is 11.6 Å². The highest BCUT2D eigenvalue weighted by molar-refractivity contribution is 5.86. The smallest absolute Gasteiger partial charge is 0.123 e. The van der Waals surface area contributed by atoms with Gasteiger partial charge in [0.25, 0.3) is 0 Å². The van der Waals surface area contributed by atoms with Gasteiger partial charge in [0, 0.05) is 6.42 Å². The van der Waals surface area contributed by atoms with E-state index in [2.05, 4.69) is 0 Å². The molecule has 22 heavy (non-hydrogen) atoms. The molecule has 0 aromatic heterocycles. The molecule has 0 bridgehead atoms. The first-order chi connectivity index (χ1) is 10.5. The van der Waals surface area contributed by atoms with Gasteiger partial charge in [-0.1, -0.05) is 24.3 Å². The van der Waals surface area contributed by atoms with Gasteiger partial charge >= 0.3 is 0 Å². The predicted molar refractivity (Wildman–Crippen MR) is 82.2 cm³/mol. The molecule has 1 aliphatic rings. The van der Waals surface area contributed by atoms with E-state index in [4.69, 9.17) is 10.8 Å². The van der Waals surface area contributed by atoms with Crippen molar-refractivity contribution in [2.45, 2.75) is 18.9 Å². The molecule has 1 atom stereocenters. The molecule has 3 rings (SSSR count). The molecule has 0 amide bonds. The quantitative estimate of drug-likeness (QED) is 0.886. The third-order valence-electron chi connectivity index (χ3n) is 3.90. The van der Waals surface area contributed by atoms with E-state index in [1.807, 2.05) is 13.0 Å². The molecule has 5 heteroatoms. The Morgan fingerprint density at radius 2 is 1.86 bits per heavy atom. The molecule has 0 saturated heterocycles. The Morgan fingerprint density at radius 3 is 2.55 bits per heavy atom. The lowest BCUT2D eigenvalue weighted by Crippen LogP contribution is -2.38. The molecule has 2 aromatic carbocycles. The van der Waals surface area contributed by atoms with Gasteiger partial charge in [-0.3, -0.25) is 10.0 Å². The number of aliphatic imine (C=N–C) groups is 1. The van der Waals surface area contributed by atoms with Crippen molar-refractivity contribution in [1.82, 2.24) is 5.01 Å². The standard InChI is InChI=1S/C17H17F2N3/c1-17(13-5-7-14(18)8-6-13)11-22(20)16(21-17)10-12-3-2-4-15(19)9-12/h2-9H,10-11,20H2,1H3. The third-order valence-corrected chi connectivity index (χ3v) is 3.90. The fourth-order valence-corrected chi connectivity index (χ4v) is 2.74. The molecule has 2 aromatic rings. The van der Waals surface area contributed by atoms with E-state index < -0.39 is 5.54 Å². The second-order valence-corrected chi connectivity index (χ2v) is 5.74. The first-order valence-electron chi connectivity index (χ1n) is 7.08. The van der Waals surface area contributed by atoms with E-state index in [-0.39, 0.29) is 11.6 Å². The van der Waals surface area contributed by atoms with Crippen LogP contribution in [-0.4, -0.2) is 17.4 Å². The summed E-state index contributed by atoms with van der Waals surface area (Å²) in [6.45, 7) is 2.46. The van der Waals surface area contributed by atoms with Crippen LogP contribution in [0.25, 0.3) is 0 Å². The maximum atomic E-state index is 13.3. The minimum Gasteiger partial charge on any atom is -0.296 e. The van der Waals surface area contributed by atoms with Crippen LogP contribution in [0.2, 0.25) is 0 Å². The molecule has 0 aliphatic carbocycles. The summed E-state index contributed by atoms with van der Waals surface area (Å²) in [5.74, 6) is 6.18. The molecule has 0 saturated carbocycles. The maximum Gasteiger partial charge on any atom is 0.123 e. The molecule has 114 valence electrons. The van der Waals surface area contributed by atoms with Crippen LogP contribution in [0.3, 0.4) is 0 Å².